The first-order valence-electron chi connectivity index (χ1n) is 9.82. The Bertz CT molecular complexity index is 836. The van der Waals surface area contributed by atoms with Crippen LogP contribution in [0.5, 0.6) is 0 Å². The number of aromatic nitrogens is 1. The zero-order chi connectivity index (χ0) is 21.9. The maximum absolute atomic E-state index is 12.7. The van der Waals surface area contributed by atoms with E-state index in [-0.39, 0.29) is 28.7 Å². The van der Waals surface area contributed by atoms with Crippen LogP contribution < -0.4 is 0 Å². The molecule has 3 atom stereocenters. The summed E-state index contributed by atoms with van der Waals surface area (Å²) < 4.78 is 39.0. The van der Waals surface area contributed by atoms with E-state index in [2.05, 4.69) is 0 Å². The lowest BCUT2D eigenvalue weighted by molar-refractivity contribution is -0.151. The van der Waals surface area contributed by atoms with Crippen LogP contribution in [-0.4, -0.2) is 78.6 Å². The average molecular weight is 430 g/mol. The maximum Gasteiger partial charge on any atom is 0.355 e. The van der Waals surface area contributed by atoms with E-state index < -0.39 is 22.1 Å². The van der Waals surface area contributed by atoms with Crippen LogP contribution in [0.25, 0.3) is 0 Å². The summed E-state index contributed by atoms with van der Waals surface area (Å²) in [5.41, 5.74) is 0.0686. The monoisotopic (exact) mass is 429 g/mol. The van der Waals surface area contributed by atoms with E-state index in [1.807, 2.05) is 13.8 Å². The molecular weight excluding hydrogens is 398 g/mol. The Morgan fingerprint density at radius 3 is 2.31 bits per heavy atom. The van der Waals surface area contributed by atoms with Gasteiger partial charge in [-0.1, -0.05) is 13.8 Å². The van der Waals surface area contributed by atoms with Crippen molar-refractivity contribution < 1.29 is 27.5 Å². The molecule has 1 aliphatic rings. The molecule has 2 rings (SSSR count). The summed E-state index contributed by atoms with van der Waals surface area (Å²) in [4.78, 5) is 26.9. The second kappa shape index (κ2) is 9.27. The maximum atomic E-state index is 12.7. The number of sulfonamides is 1. The van der Waals surface area contributed by atoms with E-state index in [1.54, 1.807) is 25.8 Å². The number of carbonyl (C=O) groups excluding carboxylic acids is 2. The second-order valence-electron chi connectivity index (χ2n) is 7.31. The van der Waals surface area contributed by atoms with Gasteiger partial charge in [-0.25, -0.2) is 13.2 Å². The summed E-state index contributed by atoms with van der Waals surface area (Å²) >= 11 is 0. The zero-order valence-corrected chi connectivity index (χ0v) is 18.7. The molecule has 0 aromatic carbocycles. The van der Waals surface area contributed by atoms with Crippen LogP contribution in [0.4, 0.5) is 0 Å². The van der Waals surface area contributed by atoms with Crippen LogP contribution in [0.1, 0.15) is 45.1 Å². The number of aryl methyl sites for hydroxylation is 1. The van der Waals surface area contributed by atoms with Crippen molar-refractivity contribution in [3.05, 3.63) is 18.0 Å². The number of carbonyl (C=O) groups is 2. The van der Waals surface area contributed by atoms with Gasteiger partial charge in [0.2, 0.25) is 10.0 Å². The fourth-order valence-corrected chi connectivity index (χ4v) is 5.01. The van der Waals surface area contributed by atoms with E-state index in [9.17, 15) is 18.0 Å². The molecule has 0 aliphatic carbocycles. The Morgan fingerprint density at radius 1 is 1.24 bits per heavy atom. The van der Waals surface area contributed by atoms with Gasteiger partial charge in [-0.15, -0.1) is 0 Å². The molecule has 1 saturated heterocycles. The van der Waals surface area contributed by atoms with Gasteiger partial charge in [-0.2, -0.15) is 4.31 Å². The molecule has 1 aromatic heterocycles. The number of ether oxygens (including phenoxy) is 2. The molecule has 1 aromatic rings. The fourth-order valence-electron chi connectivity index (χ4n) is 3.48. The van der Waals surface area contributed by atoms with Crippen LogP contribution in [0.2, 0.25) is 0 Å². The molecule has 0 spiro atoms. The molecule has 2 heterocycles. The SMILES string of the molecule is CCN(CC)S(=O)(=O)c1cc(C(=O)OC(C)C(=O)N2CC(C)OC(C)C2)n(C)c1. The van der Waals surface area contributed by atoms with E-state index in [1.165, 1.54) is 28.1 Å². The smallest absolute Gasteiger partial charge is 0.355 e. The highest BCUT2D eigenvalue weighted by Gasteiger charge is 2.32. The lowest BCUT2D eigenvalue weighted by Crippen LogP contribution is -2.51. The van der Waals surface area contributed by atoms with Gasteiger partial charge < -0.3 is 18.9 Å². The first-order valence-corrected chi connectivity index (χ1v) is 11.3. The fraction of sp³-hybridized carbons (Fsp3) is 0.684. The summed E-state index contributed by atoms with van der Waals surface area (Å²) in [7, 11) is -2.13. The Kier molecular flexibility index (Phi) is 7.47. The number of nitrogens with zero attached hydrogens (tertiary/aromatic N) is 3. The molecule has 0 bridgehead atoms. The second-order valence-corrected chi connectivity index (χ2v) is 9.25. The molecule has 0 radical (unpaired) electrons. The van der Waals surface area contributed by atoms with Crippen molar-refractivity contribution >= 4 is 21.9 Å². The van der Waals surface area contributed by atoms with Crippen LogP contribution >= 0.6 is 0 Å². The standard InChI is InChI=1S/C19H31N3O6S/c1-7-22(8-2)29(25,26)16-9-17(20(6)12-16)19(24)28-15(5)18(23)21-10-13(3)27-14(4)11-21/h9,12-15H,7-8,10-11H2,1-6H3. The Hall–Kier alpha value is -1.91. The normalized spacial score (nSPS) is 21.3. The lowest BCUT2D eigenvalue weighted by Gasteiger charge is -2.36. The number of morpholine rings is 1. The molecule has 164 valence electrons. The minimum Gasteiger partial charge on any atom is -0.448 e. The van der Waals surface area contributed by atoms with Crippen LogP contribution in [0.15, 0.2) is 17.2 Å². The molecule has 29 heavy (non-hydrogen) atoms. The van der Waals surface area contributed by atoms with Crippen molar-refractivity contribution in [2.45, 2.75) is 57.8 Å². The number of amides is 1. The zero-order valence-electron chi connectivity index (χ0n) is 17.9. The third-order valence-corrected chi connectivity index (χ3v) is 6.91. The Morgan fingerprint density at radius 2 is 1.79 bits per heavy atom. The lowest BCUT2D eigenvalue weighted by atomic mass is 10.2. The van der Waals surface area contributed by atoms with Gasteiger partial charge >= 0.3 is 5.97 Å². The van der Waals surface area contributed by atoms with Crippen molar-refractivity contribution in [2.24, 2.45) is 7.05 Å². The minimum atomic E-state index is -3.69. The molecule has 10 heteroatoms. The Labute approximate surface area is 172 Å². The van der Waals surface area contributed by atoms with Crippen LogP contribution in [-0.2, 0) is 31.3 Å². The average Bonchev–Trinajstić information content (AvgIpc) is 3.03. The molecule has 3 unspecified atom stereocenters. The third kappa shape index (κ3) is 5.18. The van der Waals surface area contributed by atoms with Crippen LogP contribution in [0, 0.1) is 0 Å². The number of hydrogen-bond donors (Lipinski definition) is 0. The van der Waals surface area contributed by atoms with Gasteiger partial charge in [0, 0.05) is 39.4 Å². The van der Waals surface area contributed by atoms with E-state index in [4.69, 9.17) is 9.47 Å². The van der Waals surface area contributed by atoms with Gasteiger partial charge in [0.15, 0.2) is 6.10 Å². The van der Waals surface area contributed by atoms with Gasteiger partial charge in [-0.3, -0.25) is 4.79 Å². The summed E-state index contributed by atoms with van der Waals surface area (Å²) in [6.07, 6.45) is 0.206. The highest BCUT2D eigenvalue weighted by atomic mass is 32.2. The first kappa shape index (κ1) is 23.4. The van der Waals surface area contributed by atoms with Crippen molar-refractivity contribution in [1.82, 2.24) is 13.8 Å². The summed E-state index contributed by atoms with van der Waals surface area (Å²) in [6.45, 7) is 10.3. The highest BCUT2D eigenvalue weighted by molar-refractivity contribution is 7.89. The third-order valence-electron chi connectivity index (χ3n) is 4.90. The number of rotatable bonds is 7. The van der Waals surface area contributed by atoms with E-state index >= 15 is 0 Å². The van der Waals surface area contributed by atoms with Gasteiger partial charge in [-0.05, 0) is 26.8 Å². The molecule has 9 nitrogen and oxygen atoms in total. The van der Waals surface area contributed by atoms with Crippen LogP contribution in [0.3, 0.4) is 0 Å². The minimum absolute atomic E-state index is 0.0189. The quantitative estimate of drug-likeness (QED) is 0.605. The topological polar surface area (TPSA) is 98.2 Å². The molecule has 0 N–H and O–H groups in total. The first-order chi connectivity index (χ1) is 13.5. The van der Waals surface area contributed by atoms with Gasteiger partial charge in [0.05, 0.1) is 12.2 Å². The summed E-state index contributed by atoms with van der Waals surface area (Å²) in [5, 5.41) is 0. The molecule has 1 fully saturated rings. The Balaban J connectivity index is 2.13. The highest BCUT2D eigenvalue weighted by Crippen LogP contribution is 2.20. The van der Waals surface area contributed by atoms with E-state index in [0.717, 1.165) is 0 Å². The molecule has 1 aliphatic heterocycles. The largest absolute Gasteiger partial charge is 0.448 e. The van der Waals surface area contributed by atoms with Crippen molar-refractivity contribution in [1.29, 1.82) is 0 Å². The van der Waals surface area contributed by atoms with Gasteiger partial charge in [0.1, 0.15) is 10.6 Å². The van der Waals surface area contributed by atoms with Gasteiger partial charge in [0.25, 0.3) is 5.91 Å². The van der Waals surface area contributed by atoms with Crippen molar-refractivity contribution in [3.63, 3.8) is 0 Å². The van der Waals surface area contributed by atoms with Crippen molar-refractivity contribution in [3.8, 4) is 0 Å². The summed E-state index contributed by atoms with van der Waals surface area (Å²) in [6, 6.07) is 1.28. The predicted molar refractivity (Wildman–Crippen MR) is 107 cm³/mol. The number of hydrogen-bond acceptors (Lipinski definition) is 6. The molecule has 1 amide bonds. The molecule has 0 saturated carbocycles. The molecular formula is C19H31N3O6S. The summed E-state index contributed by atoms with van der Waals surface area (Å²) in [5.74, 6) is -1.05. The van der Waals surface area contributed by atoms with E-state index in [0.29, 0.717) is 26.2 Å². The van der Waals surface area contributed by atoms with Crippen molar-refractivity contribution in [2.75, 3.05) is 26.2 Å². The number of esters is 1. The predicted octanol–water partition coefficient (Wildman–Crippen LogP) is 1.24.